The molecule has 0 radical (unpaired) electrons. The molecule has 12 heteroatoms. The van der Waals surface area contributed by atoms with Crippen molar-refractivity contribution < 1.29 is 19.1 Å². The fourth-order valence-electron chi connectivity index (χ4n) is 4.42. The Morgan fingerprint density at radius 2 is 1.93 bits per heavy atom. The number of fused-ring (bicyclic) bond motifs is 2. The van der Waals surface area contributed by atoms with Crippen LogP contribution < -0.4 is 25.4 Å². The SMILES string of the molecule is COc1ccc(Nc2cc(-c3cccc(C(=O)Nc4ccc5c(c4)CC(=O)N5)c3)nn3ccnc23)nc1OC.Cl. The lowest BCUT2D eigenvalue weighted by molar-refractivity contribution is -0.115. The van der Waals surface area contributed by atoms with E-state index in [4.69, 9.17) is 9.47 Å². The number of anilines is 4. The summed E-state index contributed by atoms with van der Waals surface area (Å²) in [5.41, 5.74) is 5.35. The number of hydrogen-bond acceptors (Lipinski definition) is 8. The quantitative estimate of drug-likeness (QED) is 0.262. The number of hydrogen-bond donors (Lipinski definition) is 3. The Labute approximate surface area is 235 Å². The summed E-state index contributed by atoms with van der Waals surface area (Å²) in [6.45, 7) is 0. The van der Waals surface area contributed by atoms with Crippen molar-refractivity contribution in [3.8, 4) is 22.9 Å². The normalized spacial score (nSPS) is 11.8. The highest BCUT2D eigenvalue weighted by Gasteiger charge is 2.18. The molecule has 1 aliphatic rings. The van der Waals surface area contributed by atoms with Crippen molar-refractivity contribution in [2.24, 2.45) is 0 Å². The Balaban J connectivity index is 0.00000323. The lowest BCUT2D eigenvalue weighted by Gasteiger charge is -2.12. The molecule has 0 atom stereocenters. The Bertz CT molecular complexity index is 1750. The zero-order chi connectivity index (χ0) is 26.9. The van der Waals surface area contributed by atoms with Crippen molar-refractivity contribution in [1.29, 1.82) is 0 Å². The number of aromatic nitrogens is 4. The highest BCUT2D eigenvalue weighted by atomic mass is 35.5. The zero-order valence-corrected chi connectivity index (χ0v) is 22.3. The van der Waals surface area contributed by atoms with Gasteiger partial charge in [-0.1, -0.05) is 12.1 Å². The van der Waals surface area contributed by atoms with E-state index in [1.165, 1.54) is 7.11 Å². The number of imidazole rings is 1. The standard InChI is InChI=1S/C28H23N7O4.ClH/c1-38-23-8-9-24(33-28(23)39-2)31-22-15-21(34-35-11-10-29-26(22)35)16-4-3-5-17(12-16)27(37)30-19-6-7-20-18(13-19)14-25(36)32-20;/h3-13,15H,14H2,1-2H3,(H,30,37)(H,31,33)(H,32,36);1H. The van der Waals surface area contributed by atoms with Crippen LogP contribution in [-0.4, -0.2) is 45.6 Å². The molecule has 0 saturated heterocycles. The predicted molar refractivity (Wildman–Crippen MR) is 153 cm³/mol. The molecule has 6 rings (SSSR count). The van der Waals surface area contributed by atoms with Crippen LogP contribution in [0.3, 0.4) is 0 Å². The first kappa shape index (κ1) is 26.4. The second-order valence-corrected chi connectivity index (χ2v) is 8.80. The van der Waals surface area contributed by atoms with E-state index < -0.39 is 0 Å². The van der Waals surface area contributed by atoms with Crippen molar-refractivity contribution in [3.63, 3.8) is 0 Å². The van der Waals surface area contributed by atoms with Gasteiger partial charge in [-0.05, 0) is 54.1 Å². The lowest BCUT2D eigenvalue weighted by Crippen LogP contribution is -2.12. The summed E-state index contributed by atoms with van der Waals surface area (Å²) in [6, 6.07) is 17.9. The third-order valence-corrected chi connectivity index (χ3v) is 6.27. The molecule has 0 spiro atoms. The van der Waals surface area contributed by atoms with E-state index in [1.54, 1.807) is 66.5 Å². The number of ether oxygens (including phenoxy) is 2. The fraction of sp³-hybridized carbons (Fsp3) is 0.107. The van der Waals surface area contributed by atoms with E-state index in [-0.39, 0.29) is 24.2 Å². The maximum atomic E-state index is 13.1. The Morgan fingerprint density at radius 3 is 2.75 bits per heavy atom. The molecular formula is C28H24ClN7O4. The van der Waals surface area contributed by atoms with Crippen LogP contribution >= 0.6 is 12.4 Å². The Kier molecular flexibility index (Phi) is 7.21. The average Bonchev–Trinajstić information content (AvgIpc) is 3.58. The van der Waals surface area contributed by atoms with Crippen molar-refractivity contribution in [2.75, 3.05) is 30.2 Å². The first-order chi connectivity index (χ1) is 19.0. The first-order valence-electron chi connectivity index (χ1n) is 12.1. The number of rotatable bonds is 7. The van der Waals surface area contributed by atoms with Gasteiger partial charge in [-0.3, -0.25) is 9.59 Å². The molecular weight excluding hydrogens is 534 g/mol. The number of pyridine rings is 1. The number of nitrogens with one attached hydrogen (secondary N) is 3. The molecule has 5 aromatic rings. The van der Waals surface area contributed by atoms with Crippen LogP contribution in [0.25, 0.3) is 16.9 Å². The largest absolute Gasteiger partial charge is 0.491 e. The van der Waals surface area contributed by atoms with Crippen LogP contribution in [-0.2, 0) is 11.2 Å². The van der Waals surface area contributed by atoms with Crippen LogP contribution in [0.15, 0.2) is 73.1 Å². The predicted octanol–water partition coefficient (Wildman–Crippen LogP) is 4.72. The summed E-state index contributed by atoms with van der Waals surface area (Å²) in [4.78, 5) is 33.6. The fourth-order valence-corrected chi connectivity index (χ4v) is 4.42. The summed E-state index contributed by atoms with van der Waals surface area (Å²) >= 11 is 0. The third-order valence-electron chi connectivity index (χ3n) is 6.27. The van der Waals surface area contributed by atoms with Crippen LogP contribution in [0.1, 0.15) is 15.9 Å². The summed E-state index contributed by atoms with van der Waals surface area (Å²) in [6.07, 6.45) is 3.70. The van der Waals surface area contributed by atoms with Gasteiger partial charge in [-0.25, -0.2) is 9.50 Å². The molecule has 3 N–H and O–H groups in total. The van der Waals surface area contributed by atoms with Gasteiger partial charge in [0.2, 0.25) is 5.91 Å². The molecule has 0 aliphatic carbocycles. The molecule has 0 saturated carbocycles. The molecule has 11 nitrogen and oxygen atoms in total. The van der Waals surface area contributed by atoms with Gasteiger partial charge in [0.1, 0.15) is 5.82 Å². The molecule has 4 heterocycles. The highest BCUT2D eigenvalue weighted by Crippen LogP contribution is 2.30. The number of carbonyl (C=O) groups is 2. The molecule has 1 aliphatic heterocycles. The van der Waals surface area contributed by atoms with Gasteiger partial charge in [0, 0.05) is 34.9 Å². The van der Waals surface area contributed by atoms with Crippen LogP contribution in [0.4, 0.5) is 22.9 Å². The minimum atomic E-state index is -0.273. The second-order valence-electron chi connectivity index (χ2n) is 8.80. The van der Waals surface area contributed by atoms with Gasteiger partial charge in [0.25, 0.3) is 11.8 Å². The summed E-state index contributed by atoms with van der Waals surface area (Å²) in [5, 5.41) is 13.7. The first-order valence-corrected chi connectivity index (χ1v) is 12.1. The van der Waals surface area contributed by atoms with Gasteiger partial charge < -0.3 is 25.4 Å². The molecule has 2 amide bonds. The van der Waals surface area contributed by atoms with Crippen molar-refractivity contribution in [1.82, 2.24) is 19.6 Å². The number of benzene rings is 2. The maximum absolute atomic E-state index is 13.1. The molecule has 202 valence electrons. The monoisotopic (exact) mass is 557 g/mol. The number of nitrogens with zero attached hydrogens (tertiary/aromatic N) is 4. The van der Waals surface area contributed by atoms with Crippen LogP contribution in [0.5, 0.6) is 11.6 Å². The zero-order valence-electron chi connectivity index (χ0n) is 21.5. The van der Waals surface area contributed by atoms with E-state index in [1.807, 2.05) is 18.2 Å². The second kappa shape index (κ2) is 10.9. The van der Waals surface area contributed by atoms with Gasteiger partial charge in [-0.2, -0.15) is 10.1 Å². The Hall–Kier alpha value is -5.16. The maximum Gasteiger partial charge on any atom is 0.258 e. The van der Waals surface area contributed by atoms with Gasteiger partial charge >= 0.3 is 0 Å². The molecule has 40 heavy (non-hydrogen) atoms. The molecule has 0 fully saturated rings. The topological polar surface area (TPSA) is 132 Å². The van der Waals surface area contributed by atoms with E-state index in [9.17, 15) is 9.59 Å². The summed E-state index contributed by atoms with van der Waals surface area (Å²) in [7, 11) is 3.08. The number of carbonyl (C=O) groups excluding carboxylic acids is 2. The van der Waals surface area contributed by atoms with Crippen molar-refractivity contribution in [2.45, 2.75) is 6.42 Å². The number of methoxy groups -OCH3 is 2. The van der Waals surface area contributed by atoms with Gasteiger partial charge in [0.05, 0.1) is 32.0 Å². The number of amides is 2. The summed E-state index contributed by atoms with van der Waals surface area (Å²) in [5.74, 6) is 1.07. The molecule has 0 bridgehead atoms. The van der Waals surface area contributed by atoms with Gasteiger partial charge in [-0.15, -0.1) is 12.4 Å². The summed E-state index contributed by atoms with van der Waals surface area (Å²) < 4.78 is 12.3. The van der Waals surface area contributed by atoms with Crippen LogP contribution in [0.2, 0.25) is 0 Å². The minimum Gasteiger partial charge on any atom is -0.491 e. The van der Waals surface area contributed by atoms with E-state index in [0.717, 1.165) is 16.8 Å². The third kappa shape index (κ3) is 5.09. The van der Waals surface area contributed by atoms with Gasteiger partial charge in [0.15, 0.2) is 11.4 Å². The van der Waals surface area contributed by atoms with E-state index in [2.05, 4.69) is 31.0 Å². The smallest absolute Gasteiger partial charge is 0.258 e. The lowest BCUT2D eigenvalue weighted by atomic mass is 10.1. The molecule has 0 unspecified atom stereocenters. The molecule has 3 aromatic heterocycles. The number of halogens is 1. The van der Waals surface area contributed by atoms with Crippen LogP contribution in [0, 0.1) is 0 Å². The average molecular weight is 558 g/mol. The minimum absolute atomic E-state index is 0. The van der Waals surface area contributed by atoms with Crippen molar-refractivity contribution >= 4 is 52.7 Å². The van der Waals surface area contributed by atoms with Crippen molar-refractivity contribution in [3.05, 3.63) is 84.2 Å². The van der Waals surface area contributed by atoms with E-state index in [0.29, 0.717) is 52.1 Å². The van der Waals surface area contributed by atoms with E-state index >= 15 is 0 Å². The Morgan fingerprint density at radius 1 is 1.05 bits per heavy atom. The molecule has 2 aromatic carbocycles. The highest BCUT2D eigenvalue weighted by molar-refractivity contribution is 6.06.